The van der Waals surface area contributed by atoms with Gasteiger partial charge in [0.2, 0.25) is 0 Å². The molecule has 4 aromatic rings. The summed E-state index contributed by atoms with van der Waals surface area (Å²) in [5.41, 5.74) is 1.12. The van der Waals surface area contributed by atoms with Crippen LogP contribution in [0.3, 0.4) is 0 Å². The van der Waals surface area contributed by atoms with Gasteiger partial charge in [0, 0.05) is 28.8 Å². The van der Waals surface area contributed by atoms with Crippen molar-refractivity contribution in [2.24, 2.45) is 0 Å². The van der Waals surface area contributed by atoms with Gasteiger partial charge < -0.3 is 9.84 Å². The zero-order valence-corrected chi connectivity index (χ0v) is 14.4. The van der Waals surface area contributed by atoms with E-state index in [2.05, 4.69) is 25.7 Å². The number of fused-ring (bicyclic) bond motifs is 1. The Labute approximate surface area is 154 Å². The SMILES string of the molecule is Fc1ccccc1CNc1nnc(-c2nc(C3CC3)no2)c2ccccc12. The molecule has 1 N–H and O–H groups in total. The number of rotatable bonds is 5. The second-order valence-electron chi connectivity index (χ2n) is 6.62. The summed E-state index contributed by atoms with van der Waals surface area (Å²) in [5, 5.41) is 17.5. The average molecular weight is 361 g/mol. The highest BCUT2D eigenvalue weighted by atomic mass is 19.1. The Balaban J connectivity index is 1.50. The summed E-state index contributed by atoms with van der Waals surface area (Å²) in [6.07, 6.45) is 2.20. The zero-order chi connectivity index (χ0) is 18.2. The standard InChI is InChI=1S/C20H16FN5O/c21-16-8-4-1-5-13(16)11-22-19-15-7-3-2-6-14(15)17(24-25-19)20-23-18(26-27-20)12-9-10-12/h1-8,12H,9-11H2,(H,22,25). The van der Waals surface area contributed by atoms with E-state index in [-0.39, 0.29) is 5.82 Å². The molecule has 2 heterocycles. The molecule has 0 unspecified atom stereocenters. The van der Waals surface area contributed by atoms with Gasteiger partial charge in [-0.1, -0.05) is 47.6 Å². The van der Waals surface area contributed by atoms with Crippen LogP contribution in [0, 0.1) is 5.82 Å². The third-order valence-corrected chi connectivity index (χ3v) is 4.68. The van der Waals surface area contributed by atoms with Crippen LogP contribution in [0.1, 0.15) is 30.1 Å². The predicted octanol–water partition coefficient (Wildman–Crippen LogP) is 4.31. The third kappa shape index (κ3) is 3.01. The van der Waals surface area contributed by atoms with Crippen molar-refractivity contribution < 1.29 is 8.91 Å². The van der Waals surface area contributed by atoms with E-state index < -0.39 is 0 Å². The first-order valence-corrected chi connectivity index (χ1v) is 8.86. The van der Waals surface area contributed by atoms with Crippen molar-refractivity contribution in [3.05, 3.63) is 65.7 Å². The summed E-state index contributed by atoms with van der Waals surface area (Å²) in [6.45, 7) is 0.317. The smallest absolute Gasteiger partial charge is 0.279 e. The minimum absolute atomic E-state index is 0.252. The molecule has 1 saturated carbocycles. The Morgan fingerprint density at radius 3 is 2.59 bits per heavy atom. The molecule has 6 nitrogen and oxygen atoms in total. The lowest BCUT2D eigenvalue weighted by Crippen LogP contribution is -2.05. The molecule has 134 valence electrons. The number of hydrogen-bond acceptors (Lipinski definition) is 6. The minimum Gasteiger partial charge on any atom is -0.364 e. The highest BCUT2D eigenvalue weighted by Crippen LogP contribution is 2.39. The first-order valence-electron chi connectivity index (χ1n) is 8.86. The summed E-state index contributed by atoms with van der Waals surface area (Å²) in [5.74, 6) is 1.85. The molecule has 7 heteroatoms. The Morgan fingerprint density at radius 1 is 1.00 bits per heavy atom. The van der Waals surface area contributed by atoms with Gasteiger partial charge >= 0.3 is 0 Å². The number of anilines is 1. The minimum atomic E-state index is -0.252. The lowest BCUT2D eigenvalue weighted by Gasteiger charge is -2.10. The topological polar surface area (TPSA) is 76.7 Å². The number of nitrogens with zero attached hydrogens (tertiary/aromatic N) is 4. The molecule has 2 aromatic heterocycles. The molecule has 27 heavy (non-hydrogen) atoms. The van der Waals surface area contributed by atoms with Crippen LogP contribution in [0.4, 0.5) is 10.2 Å². The Kier molecular flexibility index (Phi) is 3.78. The van der Waals surface area contributed by atoms with Gasteiger partial charge in [0.15, 0.2) is 17.3 Å². The number of benzene rings is 2. The second kappa shape index (κ2) is 6.42. The van der Waals surface area contributed by atoms with E-state index in [0.717, 1.165) is 29.4 Å². The number of aromatic nitrogens is 4. The lowest BCUT2D eigenvalue weighted by atomic mass is 10.1. The van der Waals surface area contributed by atoms with Crippen molar-refractivity contribution in [3.8, 4) is 11.6 Å². The second-order valence-corrected chi connectivity index (χ2v) is 6.62. The van der Waals surface area contributed by atoms with E-state index in [1.165, 1.54) is 6.07 Å². The summed E-state index contributed by atoms with van der Waals surface area (Å²) in [6, 6.07) is 14.4. The van der Waals surface area contributed by atoms with E-state index in [4.69, 9.17) is 4.52 Å². The molecule has 0 aliphatic heterocycles. The third-order valence-electron chi connectivity index (χ3n) is 4.68. The Hall–Kier alpha value is -3.35. The molecule has 2 aromatic carbocycles. The summed E-state index contributed by atoms with van der Waals surface area (Å²) >= 11 is 0. The molecule has 5 rings (SSSR count). The summed E-state index contributed by atoms with van der Waals surface area (Å²) < 4.78 is 19.3. The van der Waals surface area contributed by atoms with Crippen molar-refractivity contribution in [2.75, 3.05) is 5.32 Å². The fourth-order valence-corrected chi connectivity index (χ4v) is 3.05. The maximum atomic E-state index is 13.9. The van der Waals surface area contributed by atoms with Gasteiger partial charge in [0.1, 0.15) is 5.82 Å². The van der Waals surface area contributed by atoms with Crippen molar-refractivity contribution in [3.63, 3.8) is 0 Å². The van der Waals surface area contributed by atoms with Crippen LogP contribution < -0.4 is 5.32 Å². The molecule has 0 spiro atoms. The van der Waals surface area contributed by atoms with Crippen molar-refractivity contribution in [1.29, 1.82) is 0 Å². The molecule has 0 atom stereocenters. The maximum absolute atomic E-state index is 13.9. The van der Waals surface area contributed by atoms with Crippen molar-refractivity contribution >= 4 is 16.6 Å². The monoisotopic (exact) mass is 361 g/mol. The van der Waals surface area contributed by atoms with Gasteiger partial charge in [-0.05, 0) is 18.9 Å². The maximum Gasteiger partial charge on any atom is 0.279 e. The van der Waals surface area contributed by atoms with E-state index in [9.17, 15) is 4.39 Å². The fraction of sp³-hybridized carbons (Fsp3) is 0.200. The van der Waals surface area contributed by atoms with Gasteiger partial charge in [0.05, 0.1) is 0 Å². The predicted molar refractivity (Wildman–Crippen MR) is 98.5 cm³/mol. The number of hydrogen-bond donors (Lipinski definition) is 1. The van der Waals surface area contributed by atoms with Gasteiger partial charge in [0.25, 0.3) is 5.89 Å². The Morgan fingerprint density at radius 2 is 1.78 bits per heavy atom. The van der Waals surface area contributed by atoms with Gasteiger partial charge in [-0.15, -0.1) is 10.2 Å². The van der Waals surface area contributed by atoms with Crippen LogP contribution in [0.25, 0.3) is 22.4 Å². The quantitative estimate of drug-likeness (QED) is 0.571. The molecule has 1 aliphatic carbocycles. The molecule has 0 radical (unpaired) electrons. The van der Waals surface area contributed by atoms with E-state index in [1.807, 2.05) is 24.3 Å². The van der Waals surface area contributed by atoms with Gasteiger partial charge in [-0.2, -0.15) is 4.98 Å². The summed E-state index contributed by atoms with van der Waals surface area (Å²) in [4.78, 5) is 4.48. The largest absolute Gasteiger partial charge is 0.364 e. The van der Waals surface area contributed by atoms with Crippen LogP contribution in [0.2, 0.25) is 0 Å². The van der Waals surface area contributed by atoms with Crippen LogP contribution >= 0.6 is 0 Å². The highest BCUT2D eigenvalue weighted by molar-refractivity contribution is 5.98. The van der Waals surface area contributed by atoms with Crippen LogP contribution in [-0.2, 0) is 6.54 Å². The average Bonchev–Trinajstić information content (AvgIpc) is 3.44. The molecule has 0 bridgehead atoms. The van der Waals surface area contributed by atoms with Gasteiger partial charge in [-0.3, -0.25) is 0 Å². The fourth-order valence-electron chi connectivity index (χ4n) is 3.05. The highest BCUT2D eigenvalue weighted by Gasteiger charge is 2.29. The number of nitrogens with one attached hydrogen (secondary N) is 1. The first-order chi connectivity index (χ1) is 13.3. The molecule has 0 saturated heterocycles. The van der Waals surface area contributed by atoms with E-state index in [1.54, 1.807) is 18.2 Å². The molecular weight excluding hydrogens is 345 g/mol. The van der Waals surface area contributed by atoms with Crippen molar-refractivity contribution in [2.45, 2.75) is 25.3 Å². The molecule has 0 amide bonds. The lowest BCUT2D eigenvalue weighted by molar-refractivity contribution is 0.421. The molecular formula is C20H16FN5O. The molecule has 1 aliphatic rings. The van der Waals surface area contributed by atoms with Crippen molar-refractivity contribution in [1.82, 2.24) is 20.3 Å². The summed E-state index contributed by atoms with van der Waals surface area (Å²) in [7, 11) is 0. The van der Waals surface area contributed by atoms with Crippen LogP contribution in [0.5, 0.6) is 0 Å². The van der Waals surface area contributed by atoms with Crippen LogP contribution in [-0.4, -0.2) is 20.3 Å². The normalized spacial score (nSPS) is 13.8. The first kappa shape index (κ1) is 15.9. The van der Waals surface area contributed by atoms with Gasteiger partial charge in [-0.25, -0.2) is 4.39 Å². The van der Waals surface area contributed by atoms with E-state index >= 15 is 0 Å². The van der Waals surface area contributed by atoms with Crippen LogP contribution in [0.15, 0.2) is 53.1 Å². The number of halogens is 1. The molecule has 1 fully saturated rings. The zero-order valence-electron chi connectivity index (χ0n) is 14.4. The van der Waals surface area contributed by atoms with E-state index in [0.29, 0.717) is 35.4 Å². The Bertz CT molecular complexity index is 1120.